The van der Waals surface area contributed by atoms with E-state index in [0.717, 1.165) is 5.69 Å². The Morgan fingerprint density at radius 1 is 1.16 bits per heavy atom. The lowest BCUT2D eigenvalue weighted by atomic mass is 10.2. The molecule has 0 fully saturated rings. The summed E-state index contributed by atoms with van der Waals surface area (Å²) >= 11 is 1.35. The van der Waals surface area contributed by atoms with Crippen molar-refractivity contribution in [2.75, 3.05) is 6.26 Å². The summed E-state index contributed by atoms with van der Waals surface area (Å²) in [6, 6.07) is 10.2. The highest BCUT2D eigenvalue weighted by Crippen LogP contribution is 2.22. The molecule has 25 heavy (non-hydrogen) atoms. The minimum atomic E-state index is -0.466. The first-order valence-corrected chi connectivity index (χ1v) is 8.93. The van der Waals surface area contributed by atoms with Crippen LogP contribution in [0.1, 0.15) is 5.69 Å². The van der Waals surface area contributed by atoms with Crippen LogP contribution in [0.4, 0.5) is 4.39 Å². The van der Waals surface area contributed by atoms with Crippen molar-refractivity contribution in [1.82, 2.24) is 24.1 Å². The SMILES string of the molecule is CSc1nnc2n(CCc3ccccn3)c(=O)c3cccc(F)c3n12. The fraction of sp³-hybridized carbons (Fsp3) is 0.176. The zero-order valence-electron chi connectivity index (χ0n) is 13.4. The molecule has 0 amide bonds. The summed E-state index contributed by atoms with van der Waals surface area (Å²) in [6.45, 7) is 0.387. The van der Waals surface area contributed by atoms with E-state index < -0.39 is 5.82 Å². The number of fused-ring (bicyclic) bond motifs is 3. The Bertz CT molecular complexity index is 1120. The van der Waals surface area contributed by atoms with Crippen LogP contribution in [0.2, 0.25) is 0 Å². The minimum absolute atomic E-state index is 0.214. The Morgan fingerprint density at radius 3 is 2.80 bits per heavy atom. The quantitative estimate of drug-likeness (QED) is 0.527. The summed E-state index contributed by atoms with van der Waals surface area (Å²) < 4.78 is 17.6. The number of nitrogens with zero attached hydrogens (tertiary/aromatic N) is 5. The highest BCUT2D eigenvalue weighted by molar-refractivity contribution is 7.98. The van der Waals surface area contributed by atoms with Crippen LogP contribution >= 0.6 is 11.8 Å². The van der Waals surface area contributed by atoms with E-state index in [2.05, 4.69) is 15.2 Å². The number of aromatic nitrogens is 5. The van der Waals surface area contributed by atoms with Crippen LogP contribution in [0.5, 0.6) is 0 Å². The number of hydrogen-bond donors (Lipinski definition) is 0. The Balaban J connectivity index is 1.95. The lowest BCUT2D eigenvalue weighted by Gasteiger charge is -2.11. The van der Waals surface area contributed by atoms with Crippen molar-refractivity contribution in [3.63, 3.8) is 0 Å². The highest BCUT2D eigenvalue weighted by atomic mass is 32.2. The molecule has 0 spiro atoms. The number of aryl methyl sites for hydroxylation is 2. The molecule has 0 radical (unpaired) electrons. The first-order chi connectivity index (χ1) is 12.2. The van der Waals surface area contributed by atoms with Crippen LogP contribution in [0, 0.1) is 5.82 Å². The molecule has 0 saturated heterocycles. The van der Waals surface area contributed by atoms with Gasteiger partial charge in [0.05, 0.1) is 10.9 Å². The lowest BCUT2D eigenvalue weighted by molar-refractivity contribution is 0.627. The van der Waals surface area contributed by atoms with E-state index in [-0.39, 0.29) is 11.1 Å². The maximum Gasteiger partial charge on any atom is 0.262 e. The number of rotatable bonds is 4. The summed E-state index contributed by atoms with van der Waals surface area (Å²) in [5.74, 6) is -0.130. The van der Waals surface area contributed by atoms with E-state index in [4.69, 9.17) is 0 Å². The molecule has 0 aliphatic carbocycles. The molecular formula is C17H14FN5OS. The van der Waals surface area contributed by atoms with E-state index in [9.17, 15) is 9.18 Å². The summed E-state index contributed by atoms with van der Waals surface area (Å²) in [5.41, 5.74) is 0.806. The fourth-order valence-corrected chi connectivity index (χ4v) is 3.37. The Morgan fingerprint density at radius 2 is 2.04 bits per heavy atom. The topological polar surface area (TPSA) is 65.1 Å². The van der Waals surface area contributed by atoms with Gasteiger partial charge in [-0.2, -0.15) is 0 Å². The number of pyridine rings is 1. The van der Waals surface area contributed by atoms with Gasteiger partial charge < -0.3 is 0 Å². The van der Waals surface area contributed by atoms with Crippen molar-refractivity contribution < 1.29 is 4.39 Å². The van der Waals surface area contributed by atoms with Gasteiger partial charge in [-0.3, -0.25) is 18.7 Å². The second kappa shape index (κ2) is 6.29. The molecule has 6 nitrogen and oxygen atoms in total. The van der Waals surface area contributed by atoms with Gasteiger partial charge in [-0.05, 0) is 30.5 Å². The maximum absolute atomic E-state index is 14.4. The molecule has 0 unspecified atom stereocenters. The molecule has 0 bridgehead atoms. The van der Waals surface area contributed by atoms with Crippen LogP contribution in [-0.2, 0) is 13.0 Å². The molecule has 3 heterocycles. The van der Waals surface area contributed by atoms with Gasteiger partial charge in [-0.25, -0.2) is 4.39 Å². The molecule has 0 saturated carbocycles. The van der Waals surface area contributed by atoms with Crippen LogP contribution in [-0.4, -0.2) is 30.4 Å². The molecule has 4 rings (SSSR count). The third kappa shape index (κ3) is 2.58. The number of benzene rings is 1. The van der Waals surface area contributed by atoms with E-state index in [1.54, 1.807) is 16.7 Å². The zero-order valence-corrected chi connectivity index (χ0v) is 14.2. The van der Waals surface area contributed by atoms with Gasteiger partial charge >= 0.3 is 0 Å². The van der Waals surface area contributed by atoms with Gasteiger partial charge in [-0.1, -0.05) is 23.9 Å². The standard InChI is InChI=1S/C17H14FN5OS/c1-25-17-21-20-16-22(10-8-11-5-2-3-9-19-11)15(24)12-6-4-7-13(18)14(12)23(16)17/h2-7,9H,8,10H2,1H3. The second-order valence-electron chi connectivity index (χ2n) is 5.49. The van der Waals surface area contributed by atoms with Gasteiger partial charge in [0, 0.05) is 24.9 Å². The summed E-state index contributed by atoms with van der Waals surface area (Å²) in [4.78, 5) is 17.2. The van der Waals surface area contributed by atoms with Crippen LogP contribution in [0.25, 0.3) is 16.7 Å². The van der Waals surface area contributed by atoms with Crippen molar-refractivity contribution in [3.8, 4) is 0 Å². The third-order valence-corrected chi connectivity index (χ3v) is 4.67. The molecule has 0 N–H and O–H groups in total. The molecule has 3 aromatic heterocycles. The van der Waals surface area contributed by atoms with Gasteiger partial charge in [0.1, 0.15) is 5.82 Å². The number of thioether (sulfide) groups is 1. The Hall–Kier alpha value is -2.74. The van der Waals surface area contributed by atoms with Gasteiger partial charge in [0.15, 0.2) is 5.16 Å². The minimum Gasteiger partial charge on any atom is -0.276 e. The molecule has 0 aliphatic heterocycles. The predicted octanol–water partition coefficient (Wildman–Crippen LogP) is 2.54. The molecule has 126 valence electrons. The van der Waals surface area contributed by atoms with E-state index in [1.165, 1.54) is 28.5 Å². The van der Waals surface area contributed by atoms with Crippen LogP contribution in [0.15, 0.2) is 52.5 Å². The first-order valence-electron chi connectivity index (χ1n) is 7.71. The van der Waals surface area contributed by atoms with E-state index in [1.807, 2.05) is 24.5 Å². The predicted molar refractivity (Wildman–Crippen MR) is 94.4 cm³/mol. The van der Waals surface area contributed by atoms with Crippen molar-refractivity contribution in [1.29, 1.82) is 0 Å². The number of hydrogen-bond acceptors (Lipinski definition) is 5. The molecule has 8 heteroatoms. The summed E-state index contributed by atoms with van der Waals surface area (Å²) in [6.07, 6.45) is 4.12. The molecule has 0 aliphatic rings. The zero-order chi connectivity index (χ0) is 17.4. The highest BCUT2D eigenvalue weighted by Gasteiger charge is 2.18. The van der Waals surface area contributed by atoms with Gasteiger partial charge in [-0.15, -0.1) is 10.2 Å². The van der Waals surface area contributed by atoms with E-state index >= 15 is 0 Å². The average Bonchev–Trinajstić information content (AvgIpc) is 3.06. The second-order valence-corrected chi connectivity index (χ2v) is 6.26. The molecular weight excluding hydrogens is 341 g/mol. The largest absolute Gasteiger partial charge is 0.276 e. The van der Waals surface area contributed by atoms with Crippen molar-refractivity contribution >= 4 is 28.4 Å². The molecule has 4 aromatic rings. The fourth-order valence-electron chi connectivity index (χ4n) is 2.89. The van der Waals surface area contributed by atoms with E-state index in [0.29, 0.717) is 29.3 Å². The first kappa shape index (κ1) is 15.8. The van der Waals surface area contributed by atoms with Crippen molar-refractivity contribution in [3.05, 3.63) is 64.5 Å². The summed E-state index contributed by atoms with van der Waals surface area (Å²) in [7, 11) is 0. The third-order valence-electron chi connectivity index (χ3n) is 4.04. The van der Waals surface area contributed by atoms with Crippen molar-refractivity contribution in [2.45, 2.75) is 18.1 Å². The smallest absolute Gasteiger partial charge is 0.262 e. The molecule has 1 aromatic carbocycles. The summed E-state index contributed by atoms with van der Waals surface area (Å²) in [5, 5.41) is 9.07. The number of halogens is 1. The van der Waals surface area contributed by atoms with Crippen LogP contribution < -0.4 is 5.56 Å². The van der Waals surface area contributed by atoms with Crippen LogP contribution in [0.3, 0.4) is 0 Å². The lowest BCUT2D eigenvalue weighted by Crippen LogP contribution is -2.25. The normalized spacial score (nSPS) is 11.4. The Labute approximate surface area is 146 Å². The van der Waals surface area contributed by atoms with Gasteiger partial charge in [0.2, 0.25) is 5.78 Å². The Kier molecular flexibility index (Phi) is 3.96. The van der Waals surface area contributed by atoms with Crippen molar-refractivity contribution in [2.24, 2.45) is 0 Å². The maximum atomic E-state index is 14.4. The average molecular weight is 355 g/mol. The van der Waals surface area contributed by atoms with Gasteiger partial charge in [0.25, 0.3) is 5.56 Å². The monoisotopic (exact) mass is 355 g/mol. The molecule has 0 atom stereocenters. The number of para-hydroxylation sites is 1.